The molecule has 0 aromatic heterocycles. The van der Waals surface area contributed by atoms with Crippen LogP contribution in [0, 0.1) is 5.92 Å². The van der Waals surface area contributed by atoms with Crippen LogP contribution in [-0.4, -0.2) is 40.4 Å². The van der Waals surface area contributed by atoms with Gasteiger partial charge in [-0.1, -0.05) is 42.3 Å². The summed E-state index contributed by atoms with van der Waals surface area (Å²) in [6.45, 7) is 6.39. The van der Waals surface area contributed by atoms with Gasteiger partial charge < -0.3 is 4.74 Å². The number of rotatable bonds is 8. The maximum atomic E-state index is 6.39. The van der Waals surface area contributed by atoms with E-state index in [1.54, 1.807) is 0 Å². The molecule has 5 rings (SSSR count). The van der Waals surface area contributed by atoms with Gasteiger partial charge in [0.15, 0.2) is 0 Å². The van der Waals surface area contributed by atoms with E-state index in [1.807, 2.05) is 23.7 Å². The number of thioether (sulfide) groups is 1. The van der Waals surface area contributed by atoms with Gasteiger partial charge in [-0.05, 0) is 66.7 Å². The summed E-state index contributed by atoms with van der Waals surface area (Å²) in [5, 5.41) is 0.795. The molecule has 5 heteroatoms. The molecule has 2 aromatic rings. The highest BCUT2D eigenvalue weighted by atomic mass is 32.2. The molecule has 0 atom stereocenters. The minimum absolute atomic E-state index is 0.690. The van der Waals surface area contributed by atoms with Crippen molar-refractivity contribution in [2.45, 2.75) is 55.5 Å². The lowest BCUT2D eigenvalue weighted by atomic mass is 9.99. The van der Waals surface area contributed by atoms with Gasteiger partial charge in [0.05, 0.1) is 6.61 Å². The maximum absolute atomic E-state index is 6.39. The van der Waals surface area contributed by atoms with Gasteiger partial charge in [-0.25, -0.2) is 0 Å². The van der Waals surface area contributed by atoms with Gasteiger partial charge in [0.25, 0.3) is 0 Å². The van der Waals surface area contributed by atoms with Crippen molar-refractivity contribution in [3.8, 4) is 5.75 Å². The number of ether oxygens (including phenoxy) is 1. The Morgan fingerprint density at radius 3 is 2.37 bits per heavy atom. The Morgan fingerprint density at radius 2 is 1.70 bits per heavy atom. The van der Waals surface area contributed by atoms with E-state index in [9.17, 15) is 0 Å². The van der Waals surface area contributed by atoms with Crippen LogP contribution in [0.3, 0.4) is 0 Å². The van der Waals surface area contributed by atoms with Crippen molar-refractivity contribution in [1.29, 1.82) is 0 Å². The highest BCUT2D eigenvalue weighted by molar-refractivity contribution is 8.00. The van der Waals surface area contributed by atoms with E-state index in [0.717, 1.165) is 37.2 Å². The highest BCUT2D eigenvalue weighted by Gasteiger charge is 2.26. The van der Waals surface area contributed by atoms with Crippen LogP contribution in [0.5, 0.6) is 5.75 Å². The lowest BCUT2D eigenvalue weighted by molar-refractivity contribution is 0.188. The van der Waals surface area contributed by atoms with Gasteiger partial charge in [-0.2, -0.15) is 0 Å². The number of fused-ring (bicyclic) bond motifs is 1. The molecule has 0 radical (unpaired) electrons. The molecule has 1 saturated carbocycles. The maximum Gasteiger partial charge on any atom is 0.132 e. The first-order valence-electron chi connectivity index (χ1n) is 11.3. The fraction of sp³-hybridized carbons (Fsp3) is 0.520. The lowest BCUT2D eigenvalue weighted by Crippen LogP contribution is -2.30. The minimum Gasteiger partial charge on any atom is -0.492 e. The molecule has 30 heavy (non-hydrogen) atoms. The fourth-order valence-corrected chi connectivity index (χ4v) is 6.24. The number of hydrogen-bond donors (Lipinski definition) is 0. The van der Waals surface area contributed by atoms with Crippen molar-refractivity contribution in [2.75, 3.05) is 26.0 Å². The predicted octanol–water partition coefficient (Wildman–Crippen LogP) is 5.83. The van der Waals surface area contributed by atoms with Crippen molar-refractivity contribution < 1.29 is 4.74 Å². The SMILES string of the molecule is CSN1CCC(COc2ccc(CN3Cc4ccccc4C3)cc2SC2CC2)CC1. The molecule has 2 heterocycles. The smallest absolute Gasteiger partial charge is 0.132 e. The number of nitrogens with zero attached hydrogens (tertiary/aromatic N) is 2. The monoisotopic (exact) mass is 440 g/mol. The summed E-state index contributed by atoms with van der Waals surface area (Å²) in [7, 11) is 0. The lowest BCUT2D eigenvalue weighted by Gasteiger charge is -2.30. The summed E-state index contributed by atoms with van der Waals surface area (Å²) >= 11 is 3.91. The van der Waals surface area contributed by atoms with Crippen LogP contribution >= 0.6 is 23.7 Å². The Balaban J connectivity index is 1.22. The minimum atomic E-state index is 0.690. The molecule has 0 unspecified atom stereocenters. The third kappa shape index (κ3) is 5.18. The molecule has 0 spiro atoms. The molecule has 0 N–H and O–H groups in total. The molecular weight excluding hydrogens is 408 g/mol. The summed E-state index contributed by atoms with van der Waals surface area (Å²) in [5.41, 5.74) is 4.38. The van der Waals surface area contributed by atoms with Gasteiger partial charge in [0.2, 0.25) is 0 Å². The zero-order valence-electron chi connectivity index (χ0n) is 17.9. The predicted molar refractivity (Wildman–Crippen MR) is 128 cm³/mol. The summed E-state index contributed by atoms with van der Waals surface area (Å²) in [4.78, 5) is 3.90. The van der Waals surface area contributed by atoms with Crippen LogP contribution in [0.1, 0.15) is 42.4 Å². The van der Waals surface area contributed by atoms with Crippen molar-refractivity contribution >= 4 is 23.7 Å². The number of piperidine rings is 1. The molecule has 0 bridgehead atoms. The molecule has 160 valence electrons. The topological polar surface area (TPSA) is 15.7 Å². The molecule has 3 nitrogen and oxygen atoms in total. The van der Waals surface area contributed by atoms with Gasteiger partial charge >= 0.3 is 0 Å². The van der Waals surface area contributed by atoms with E-state index in [2.05, 4.69) is 57.9 Å². The third-order valence-electron chi connectivity index (χ3n) is 6.44. The number of benzene rings is 2. The normalized spacial score (nSPS) is 20.4. The van der Waals surface area contributed by atoms with E-state index >= 15 is 0 Å². The van der Waals surface area contributed by atoms with Crippen molar-refractivity contribution in [3.05, 3.63) is 59.2 Å². The molecule has 3 aliphatic rings. The van der Waals surface area contributed by atoms with Crippen LogP contribution in [0.2, 0.25) is 0 Å². The van der Waals surface area contributed by atoms with Crippen molar-refractivity contribution in [2.24, 2.45) is 5.92 Å². The van der Waals surface area contributed by atoms with E-state index in [0.29, 0.717) is 5.92 Å². The quantitative estimate of drug-likeness (QED) is 0.479. The highest BCUT2D eigenvalue weighted by Crippen LogP contribution is 2.43. The van der Waals surface area contributed by atoms with Crippen LogP contribution in [0.25, 0.3) is 0 Å². The largest absolute Gasteiger partial charge is 0.492 e. The summed E-state index contributed by atoms with van der Waals surface area (Å²) in [5.74, 6) is 1.79. The van der Waals surface area contributed by atoms with Crippen LogP contribution in [0.15, 0.2) is 47.4 Å². The Bertz CT molecular complexity index is 837. The average molecular weight is 441 g/mol. The Kier molecular flexibility index (Phi) is 6.61. The van der Waals surface area contributed by atoms with E-state index < -0.39 is 0 Å². The Hall–Kier alpha value is -1.14. The number of hydrogen-bond acceptors (Lipinski definition) is 5. The zero-order valence-corrected chi connectivity index (χ0v) is 19.5. The average Bonchev–Trinajstić information content (AvgIpc) is 3.50. The van der Waals surface area contributed by atoms with Crippen LogP contribution in [0.4, 0.5) is 0 Å². The molecule has 2 aliphatic heterocycles. The second-order valence-electron chi connectivity index (χ2n) is 8.88. The molecule has 1 aliphatic carbocycles. The van der Waals surface area contributed by atoms with Crippen LogP contribution < -0.4 is 4.74 Å². The Labute approximate surface area is 189 Å². The van der Waals surface area contributed by atoms with Crippen molar-refractivity contribution in [3.63, 3.8) is 0 Å². The zero-order chi connectivity index (χ0) is 20.3. The second kappa shape index (κ2) is 9.56. The standard InChI is InChI=1S/C25H32N2OS2/c1-29-27-12-10-19(11-13-27)18-28-24-9-6-20(14-25(24)30-23-7-8-23)15-26-16-21-4-2-3-5-22(21)17-26/h2-6,9,14,19,23H,7-8,10-13,15-18H2,1H3. The second-order valence-corrected chi connectivity index (χ2v) is 11.1. The molecule has 2 fully saturated rings. The van der Waals surface area contributed by atoms with E-state index in [4.69, 9.17) is 4.74 Å². The Morgan fingerprint density at radius 1 is 0.967 bits per heavy atom. The first kappa shape index (κ1) is 20.7. The summed E-state index contributed by atoms with van der Waals surface area (Å²) < 4.78 is 8.86. The summed E-state index contributed by atoms with van der Waals surface area (Å²) in [6, 6.07) is 15.8. The van der Waals surface area contributed by atoms with E-state index in [1.165, 1.54) is 60.4 Å². The van der Waals surface area contributed by atoms with Gasteiger partial charge in [0, 0.05) is 42.9 Å². The van der Waals surface area contributed by atoms with Gasteiger partial charge in [-0.15, -0.1) is 11.8 Å². The fourth-order valence-electron chi connectivity index (χ4n) is 4.47. The van der Waals surface area contributed by atoms with E-state index in [-0.39, 0.29) is 0 Å². The third-order valence-corrected chi connectivity index (χ3v) is 8.70. The van der Waals surface area contributed by atoms with Gasteiger partial charge in [-0.3, -0.25) is 9.21 Å². The molecule has 0 amide bonds. The first-order chi connectivity index (χ1) is 14.8. The molecular formula is C25H32N2OS2. The van der Waals surface area contributed by atoms with Gasteiger partial charge in [0.1, 0.15) is 5.75 Å². The first-order valence-corrected chi connectivity index (χ1v) is 13.3. The molecule has 1 saturated heterocycles. The summed E-state index contributed by atoms with van der Waals surface area (Å²) in [6.07, 6.45) is 7.38. The van der Waals surface area contributed by atoms with Crippen LogP contribution in [-0.2, 0) is 19.6 Å². The molecule has 2 aromatic carbocycles. The van der Waals surface area contributed by atoms with Crippen molar-refractivity contribution in [1.82, 2.24) is 9.21 Å².